The van der Waals surface area contributed by atoms with E-state index in [0.29, 0.717) is 0 Å². The Morgan fingerprint density at radius 1 is 1.08 bits per heavy atom. The number of nitrogens with zero attached hydrogens (tertiary/aromatic N) is 2. The van der Waals surface area contributed by atoms with E-state index in [-0.39, 0.29) is 0 Å². The Hall–Kier alpha value is -2.39. The maximum Gasteiger partial charge on any atom is 0.0483 e. The van der Waals surface area contributed by atoms with Crippen molar-refractivity contribution < 1.29 is 0 Å². The van der Waals surface area contributed by atoms with Gasteiger partial charge in [0.2, 0.25) is 0 Å². The fraction of sp³-hybridized carbons (Fsp3) is 0.348. The summed E-state index contributed by atoms with van der Waals surface area (Å²) in [7, 11) is 3.91. The molecule has 0 atom stereocenters. The SMILES string of the molecule is CCCNCc1c(C)ccc2c1cc(C)n2C.CN=Cc1ccccc1. The molecule has 1 aromatic heterocycles. The van der Waals surface area contributed by atoms with Crippen molar-refractivity contribution in [3.05, 3.63) is 70.9 Å². The van der Waals surface area contributed by atoms with Crippen LogP contribution in [0.1, 0.15) is 35.7 Å². The third kappa shape index (κ3) is 5.06. The van der Waals surface area contributed by atoms with Gasteiger partial charge in [-0.2, -0.15) is 0 Å². The second-order valence-corrected chi connectivity index (χ2v) is 6.61. The van der Waals surface area contributed by atoms with Crippen LogP contribution < -0.4 is 5.32 Å². The van der Waals surface area contributed by atoms with Crippen LogP contribution in [0.5, 0.6) is 0 Å². The highest BCUT2D eigenvalue weighted by atomic mass is 14.9. The molecule has 2 aromatic carbocycles. The lowest BCUT2D eigenvalue weighted by Gasteiger charge is -2.09. The van der Waals surface area contributed by atoms with Crippen LogP contribution in [-0.4, -0.2) is 24.4 Å². The zero-order chi connectivity index (χ0) is 18.9. The van der Waals surface area contributed by atoms with E-state index in [9.17, 15) is 0 Å². The molecule has 0 aliphatic heterocycles. The van der Waals surface area contributed by atoms with Crippen molar-refractivity contribution >= 4 is 17.1 Å². The second kappa shape index (κ2) is 9.93. The van der Waals surface area contributed by atoms with Crippen LogP contribution in [0.25, 0.3) is 10.9 Å². The van der Waals surface area contributed by atoms with Gasteiger partial charge in [0.25, 0.3) is 0 Å². The van der Waals surface area contributed by atoms with Crippen LogP contribution in [0.4, 0.5) is 0 Å². The van der Waals surface area contributed by atoms with Gasteiger partial charge in [-0.3, -0.25) is 4.99 Å². The molecule has 26 heavy (non-hydrogen) atoms. The van der Waals surface area contributed by atoms with E-state index < -0.39 is 0 Å². The molecule has 0 saturated carbocycles. The van der Waals surface area contributed by atoms with Crippen LogP contribution in [0.2, 0.25) is 0 Å². The molecule has 0 aliphatic carbocycles. The molecule has 0 bridgehead atoms. The van der Waals surface area contributed by atoms with E-state index in [0.717, 1.165) is 18.7 Å². The molecule has 0 amide bonds. The molecule has 0 spiro atoms. The minimum Gasteiger partial charge on any atom is -0.348 e. The Labute approximate surface area is 157 Å². The quantitative estimate of drug-likeness (QED) is 0.508. The first kappa shape index (κ1) is 19.9. The average molecular weight is 350 g/mol. The number of rotatable bonds is 5. The van der Waals surface area contributed by atoms with Crippen LogP contribution >= 0.6 is 0 Å². The van der Waals surface area contributed by atoms with Gasteiger partial charge in [0.15, 0.2) is 0 Å². The van der Waals surface area contributed by atoms with Crippen LogP contribution in [0, 0.1) is 13.8 Å². The normalized spacial score (nSPS) is 11.0. The first-order valence-corrected chi connectivity index (χ1v) is 9.30. The summed E-state index contributed by atoms with van der Waals surface area (Å²) in [4.78, 5) is 3.88. The summed E-state index contributed by atoms with van der Waals surface area (Å²) >= 11 is 0. The standard InChI is InChI=1S/C15H22N2.C8H9N/c1-5-8-16-10-14-11(2)6-7-15-13(14)9-12(3)17(15)4;1-9-7-8-5-3-2-4-6-8/h6-7,9,16H,5,8,10H2,1-4H3;2-7H,1H3. The highest BCUT2D eigenvalue weighted by Crippen LogP contribution is 2.25. The molecule has 3 heteroatoms. The fourth-order valence-electron chi connectivity index (χ4n) is 3.02. The highest BCUT2D eigenvalue weighted by Gasteiger charge is 2.08. The lowest BCUT2D eigenvalue weighted by molar-refractivity contribution is 0.676. The third-order valence-corrected chi connectivity index (χ3v) is 4.62. The largest absolute Gasteiger partial charge is 0.348 e. The lowest BCUT2D eigenvalue weighted by atomic mass is 10.0. The van der Waals surface area contributed by atoms with E-state index in [1.807, 2.05) is 36.5 Å². The minimum atomic E-state index is 0.973. The Kier molecular flexibility index (Phi) is 7.61. The maximum absolute atomic E-state index is 3.88. The number of benzene rings is 2. The number of aliphatic imine (C=N–C) groups is 1. The predicted octanol–water partition coefficient (Wildman–Crippen LogP) is 5.03. The van der Waals surface area contributed by atoms with Crippen molar-refractivity contribution in [1.82, 2.24) is 9.88 Å². The molecule has 1 N–H and O–H groups in total. The number of aromatic nitrogens is 1. The van der Waals surface area contributed by atoms with E-state index in [4.69, 9.17) is 0 Å². The highest BCUT2D eigenvalue weighted by molar-refractivity contribution is 5.85. The third-order valence-electron chi connectivity index (χ3n) is 4.62. The Morgan fingerprint density at radius 3 is 2.46 bits per heavy atom. The van der Waals surface area contributed by atoms with Gasteiger partial charge in [-0.25, -0.2) is 0 Å². The summed E-state index contributed by atoms with van der Waals surface area (Å²) < 4.78 is 2.26. The Bertz CT molecular complexity index is 845. The monoisotopic (exact) mass is 349 g/mol. The summed E-state index contributed by atoms with van der Waals surface area (Å²) in [6.45, 7) is 8.62. The van der Waals surface area contributed by atoms with Gasteiger partial charge in [-0.15, -0.1) is 0 Å². The molecule has 0 radical (unpaired) electrons. The van der Waals surface area contributed by atoms with Gasteiger partial charge in [0.1, 0.15) is 0 Å². The molecule has 3 aromatic rings. The Balaban J connectivity index is 0.000000228. The number of nitrogens with one attached hydrogen (secondary N) is 1. The molecule has 138 valence electrons. The summed E-state index contributed by atoms with van der Waals surface area (Å²) in [6.07, 6.45) is 3.02. The summed E-state index contributed by atoms with van der Waals surface area (Å²) in [5.74, 6) is 0. The number of hydrogen-bond acceptors (Lipinski definition) is 2. The van der Waals surface area contributed by atoms with E-state index in [1.165, 1.54) is 34.1 Å². The van der Waals surface area contributed by atoms with Crippen LogP contribution in [0.3, 0.4) is 0 Å². The molecular formula is C23H31N3. The van der Waals surface area contributed by atoms with E-state index in [1.54, 1.807) is 7.05 Å². The van der Waals surface area contributed by atoms with Crippen molar-refractivity contribution in [3.63, 3.8) is 0 Å². The van der Waals surface area contributed by atoms with Crippen LogP contribution in [0.15, 0.2) is 53.5 Å². The van der Waals surface area contributed by atoms with E-state index >= 15 is 0 Å². The summed E-state index contributed by atoms with van der Waals surface area (Å²) in [5.41, 5.74) is 6.63. The molecule has 0 saturated heterocycles. The van der Waals surface area contributed by atoms with Gasteiger partial charge in [-0.05, 0) is 55.6 Å². The van der Waals surface area contributed by atoms with Gasteiger partial charge in [-0.1, -0.05) is 43.3 Å². The lowest BCUT2D eigenvalue weighted by Crippen LogP contribution is -2.14. The molecule has 3 rings (SSSR count). The smallest absolute Gasteiger partial charge is 0.0483 e. The zero-order valence-electron chi connectivity index (χ0n) is 16.7. The number of aryl methyl sites for hydroxylation is 3. The van der Waals surface area contributed by atoms with Crippen molar-refractivity contribution in [2.45, 2.75) is 33.7 Å². The molecule has 0 aliphatic rings. The van der Waals surface area contributed by atoms with Crippen molar-refractivity contribution in [2.24, 2.45) is 12.0 Å². The summed E-state index contributed by atoms with van der Waals surface area (Å²) in [5, 5.41) is 4.90. The molecular weight excluding hydrogens is 318 g/mol. The van der Waals surface area contributed by atoms with Gasteiger partial charge < -0.3 is 9.88 Å². The first-order valence-electron chi connectivity index (χ1n) is 9.30. The summed E-state index contributed by atoms with van der Waals surface area (Å²) in [6, 6.07) is 16.8. The van der Waals surface area contributed by atoms with Crippen molar-refractivity contribution in [3.8, 4) is 0 Å². The molecule has 3 nitrogen and oxygen atoms in total. The zero-order valence-corrected chi connectivity index (χ0v) is 16.7. The van der Waals surface area contributed by atoms with Crippen molar-refractivity contribution in [2.75, 3.05) is 13.6 Å². The maximum atomic E-state index is 3.88. The molecule has 0 fully saturated rings. The number of hydrogen-bond donors (Lipinski definition) is 1. The van der Waals surface area contributed by atoms with E-state index in [2.05, 4.69) is 60.9 Å². The van der Waals surface area contributed by atoms with Crippen LogP contribution in [-0.2, 0) is 13.6 Å². The predicted molar refractivity (Wildman–Crippen MR) is 114 cm³/mol. The minimum absolute atomic E-state index is 0.973. The average Bonchev–Trinajstić information content (AvgIpc) is 2.93. The van der Waals surface area contributed by atoms with Crippen molar-refractivity contribution in [1.29, 1.82) is 0 Å². The second-order valence-electron chi connectivity index (χ2n) is 6.61. The number of fused-ring (bicyclic) bond motifs is 1. The van der Waals surface area contributed by atoms with Gasteiger partial charge in [0, 0.05) is 43.5 Å². The fourth-order valence-corrected chi connectivity index (χ4v) is 3.02. The molecule has 0 unspecified atom stereocenters. The van der Waals surface area contributed by atoms with Gasteiger partial charge in [0.05, 0.1) is 0 Å². The van der Waals surface area contributed by atoms with Gasteiger partial charge >= 0.3 is 0 Å². The molecule has 1 heterocycles. The topological polar surface area (TPSA) is 29.3 Å². The first-order chi connectivity index (χ1) is 12.6. The Morgan fingerprint density at radius 2 is 1.81 bits per heavy atom.